The molecule has 0 spiro atoms. The lowest BCUT2D eigenvalue weighted by Crippen LogP contribution is -2.47. The van der Waals surface area contributed by atoms with E-state index in [2.05, 4.69) is 10.6 Å². The molecule has 1 aliphatic heterocycles. The molecule has 0 unspecified atom stereocenters. The number of nitrogens with zero attached hydrogens (tertiary/aromatic N) is 1. The van der Waals surface area contributed by atoms with E-state index in [-0.39, 0.29) is 26.2 Å². The number of halogens is 2. The van der Waals surface area contributed by atoms with E-state index in [1.165, 1.54) is 0 Å². The second-order valence-corrected chi connectivity index (χ2v) is 8.75. The van der Waals surface area contributed by atoms with Gasteiger partial charge in [-0.25, -0.2) is 17.2 Å². The van der Waals surface area contributed by atoms with E-state index < -0.39 is 44.6 Å². The molecule has 31 heavy (non-hydrogen) atoms. The number of hydrogen-bond donors (Lipinski definition) is 2. The third kappa shape index (κ3) is 5.43. The first kappa shape index (κ1) is 22.8. The largest absolute Gasteiger partial charge is 0.359 e. The topological polar surface area (TPSA) is 105 Å². The lowest BCUT2D eigenvalue weighted by molar-refractivity contribution is -0.139. The van der Waals surface area contributed by atoms with Crippen LogP contribution in [0.25, 0.3) is 0 Å². The summed E-state index contributed by atoms with van der Waals surface area (Å²) in [5.41, 5.74) is 1.86. The molecule has 2 N–H and O–H groups in total. The molecule has 0 aliphatic carbocycles. The number of nitrogens with one attached hydrogen (secondary N) is 2. The molecule has 0 radical (unpaired) electrons. The van der Waals surface area contributed by atoms with E-state index in [9.17, 15) is 26.8 Å². The predicted molar refractivity (Wildman–Crippen MR) is 106 cm³/mol. The van der Waals surface area contributed by atoms with Crippen LogP contribution in [0, 0.1) is 18.6 Å². The van der Waals surface area contributed by atoms with E-state index in [1.807, 2.05) is 31.2 Å². The zero-order chi connectivity index (χ0) is 22.6. The van der Waals surface area contributed by atoms with Gasteiger partial charge in [-0.15, -0.1) is 0 Å². The maximum Gasteiger partial charge on any atom is 0.309 e. The first-order valence-corrected chi connectivity index (χ1v) is 10.8. The minimum Gasteiger partial charge on any atom is -0.359 e. The summed E-state index contributed by atoms with van der Waals surface area (Å²) >= 11 is 0. The van der Waals surface area contributed by atoms with Gasteiger partial charge in [0.05, 0.1) is 13.2 Å². The highest BCUT2D eigenvalue weighted by molar-refractivity contribution is 7.89. The Bertz CT molecular complexity index is 1080. The van der Waals surface area contributed by atoms with Crippen molar-refractivity contribution >= 4 is 21.8 Å². The minimum absolute atomic E-state index is 0.00365. The van der Waals surface area contributed by atoms with Gasteiger partial charge >= 0.3 is 11.8 Å². The third-order valence-electron chi connectivity index (χ3n) is 4.64. The van der Waals surface area contributed by atoms with Gasteiger partial charge in [0.25, 0.3) is 0 Å². The van der Waals surface area contributed by atoms with Crippen LogP contribution in [-0.2, 0) is 30.9 Å². The van der Waals surface area contributed by atoms with Gasteiger partial charge in [0.1, 0.15) is 22.8 Å². The van der Waals surface area contributed by atoms with E-state index in [4.69, 9.17) is 4.74 Å². The second kappa shape index (κ2) is 9.50. The van der Waals surface area contributed by atoms with Gasteiger partial charge in [0.15, 0.2) is 0 Å². The molecule has 2 amide bonds. The lowest BCUT2D eigenvalue weighted by atomic mass is 10.1. The number of carbonyl (C=O) groups excluding carboxylic acids is 2. The van der Waals surface area contributed by atoms with Crippen molar-refractivity contribution in [3.05, 3.63) is 65.2 Å². The normalized spacial score (nSPS) is 16.8. The van der Waals surface area contributed by atoms with Gasteiger partial charge in [-0.1, -0.05) is 29.8 Å². The zero-order valence-electron chi connectivity index (χ0n) is 16.6. The van der Waals surface area contributed by atoms with Crippen molar-refractivity contribution in [2.75, 3.05) is 19.7 Å². The van der Waals surface area contributed by atoms with Gasteiger partial charge in [0.2, 0.25) is 10.0 Å². The molecule has 0 aromatic heterocycles. The molecular weight excluding hydrogens is 432 g/mol. The number of amides is 2. The van der Waals surface area contributed by atoms with E-state index in [0.29, 0.717) is 12.1 Å². The Morgan fingerprint density at radius 3 is 2.48 bits per heavy atom. The Hall–Kier alpha value is -2.89. The standard InChI is InChI=1S/C20H21F2N3O5S/c1-13-2-4-14(5-3-13)11-23-19(26)20(27)24-12-18-25(8-9-30-18)31(28,29)17-10-15(21)6-7-16(17)22/h2-7,10,18H,8-9,11-12H2,1H3,(H,23,26)(H,24,27)/t18-/m0/s1. The minimum atomic E-state index is -4.42. The predicted octanol–water partition coefficient (Wildman–Crippen LogP) is 1.05. The highest BCUT2D eigenvalue weighted by Gasteiger charge is 2.38. The number of benzene rings is 2. The third-order valence-corrected chi connectivity index (χ3v) is 6.54. The van der Waals surface area contributed by atoms with Crippen molar-refractivity contribution in [3.8, 4) is 0 Å². The fraction of sp³-hybridized carbons (Fsp3) is 0.300. The summed E-state index contributed by atoms with van der Waals surface area (Å²) in [6.45, 7) is 1.61. The van der Waals surface area contributed by atoms with Crippen LogP contribution in [0.3, 0.4) is 0 Å². The molecule has 1 atom stereocenters. The summed E-state index contributed by atoms with van der Waals surface area (Å²) in [7, 11) is -4.42. The monoisotopic (exact) mass is 453 g/mol. The van der Waals surface area contributed by atoms with Crippen molar-refractivity contribution in [3.63, 3.8) is 0 Å². The van der Waals surface area contributed by atoms with Crippen LogP contribution in [0.4, 0.5) is 8.78 Å². The zero-order valence-corrected chi connectivity index (χ0v) is 17.4. The molecule has 8 nitrogen and oxygen atoms in total. The molecule has 2 aromatic carbocycles. The molecule has 0 saturated carbocycles. The van der Waals surface area contributed by atoms with Gasteiger partial charge in [-0.05, 0) is 30.7 Å². The highest BCUT2D eigenvalue weighted by atomic mass is 32.2. The molecule has 0 bridgehead atoms. The van der Waals surface area contributed by atoms with Crippen LogP contribution >= 0.6 is 0 Å². The molecule has 1 fully saturated rings. The molecule has 2 aromatic rings. The van der Waals surface area contributed by atoms with Crippen LogP contribution in [0.5, 0.6) is 0 Å². The van der Waals surface area contributed by atoms with Gasteiger partial charge in [-0.3, -0.25) is 9.59 Å². The fourth-order valence-corrected chi connectivity index (χ4v) is 4.56. The number of aryl methyl sites for hydroxylation is 1. The Morgan fingerprint density at radius 2 is 1.77 bits per heavy atom. The van der Waals surface area contributed by atoms with Crippen LogP contribution < -0.4 is 10.6 Å². The number of ether oxygens (including phenoxy) is 1. The lowest BCUT2D eigenvalue weighted by Gasteiger charge is -2.23. The maximum absolute atomic E-state index is 14.0. The Kier molecular flexibility index (Phi) is 6.98. The van der Waals surface area contributed by atoms with Crippen molar-refractivity contribution in [2.24, 2.45) is 0 Å². The highest BCUT2D eigenvalue weighted by Crippen LogP contribution is 2.25. The molecule has 1 saturated heterocycles. The van der Waals surface area contributed by atoms with Crippen LogP contribution in [0.2, 0.25) is 0 Å². The van der Waals surface area contributed by atoms with Crippen LogP contribution in [-0.4, -0.2) is 50.5 Å². The molecular formula is C20H21F2N3O5S. The first-order chi connectivity index (χ1) is 14.7. The van der Waals surface area contributed by atoms with Crippen molar-refractivity contribution in [2.45, 2.75) is 24.6 Å². The molecule has 3 rings (SSSR count). The molecule has 166 valence electrons. The number of sulfonamides is 1. The SMILES string of the molecule is Cc1ccc(CNC(=O)C(=O)NC[C@@H]2OCCN2S(=O)(=O)c2cc(F)ccc2F)cc1. The average Bonchev–Trinajstić information content (AvgIpc) is 3.22. The van der Waals surface area contributed by atoms with Crippen LogP contribution in [0.1, 0.15) is 11.1 Å². The maximum atomic E-state index is 14.0. The van der Waals surface area contributed by atoms with Gasteiger partial charge < -0.3 is 15.4 Å². The quantitative estimate of drug-likeness (QED) is 0.637. The van der Waals surface area contributed by atoms with Gasteiger partial charge in [0, 0.05) is 13.1 Å². The molecule has 11 heteroatoms. The van der Waals surface area contributed by atoms with Crippen molar-refractivity contribution in [1.82, 2.24) is 14.9 Å². The average molecular weight is 453 g/mol. The number of carbonyl (C=O) groups is 2. The Morgan fingerprint density at radius 1 is 1.10 bits per heavy atom. The summed E-state index contributed by atoms with van der Waals surface area (Å²) in [6.07, 6.45) is -1.17. The van der Waals surface area contributed by atoms with Gasteiger partial charge in [-0.2, -0.15) is 4.31 Å². The Balaban J connectivity index is 1.59. The summed E-state index contributed by atoms with van der Waals surface area (Å²) in [5, 5.41) is 4.76. The molecule has 1 heterocycles. The van der Waals surface area contributed by atoms with Crippen molar-refractivity contribution in [1.29, 1.82) is 0 Å². The summed E-state index contributed by atoms with van der Waals surface area (Å²) in [5.74, 6) is -3.89. The summed E-state index contributed by atoms with van der Waals surface area (Å²) in [6, 6.07) is 9.47. The van der Waals surface area contributed by atoms with E-state index in [1.54, 1.807) is 0 Å². The summed E-state index contributed by atoms with van der Waals surface area (Å²) in [4.78, 5) is 23.2. The fourth-order valence-electron chi connectivity index (χ4n) is 2.97. The second-order valence-electron chi connectivity index (χ2n) is 6.89. The van der Waals surface area contributed by atoms with E-state index in [0.717, 1.165) is 21.5 Å². The van der Waals surface area contributed by atoms with E-state index >= 15 is 0 Å². The first-order valence-electron chi connectivity index (χ1n) is 9.38. The number of hydrogen-bond acceptors (Lipinski definition) is 5. The molecule has 1 aliphatic rings. The summed E-state index contributed by atoms with van der Waals surface area (Å²) < 4.78 is 59.0. The Labute approximate surface area is 178 Å². The van der Waals surface area contributed by atoms with Crippen LogP contribution in [0.15, 0.2) is 47.4 Å². The van der Waals surface area contributed by atoms with Crippen molar-refractivity contribution < 1.29 is 31.5 Å². The number of rotatable bonds is 6. The smallest absolute Gasteiger partial charge is 0.309 e.